The molecule has 0 N–H and O–H groups in total. The lowest BCUT2D eigenvalue weighted by molar-refractivity contribution is 0.0432. The molecule has 0 aromatic heterocycles. The SMILES string of the molecule is CC(C)(C)OC(=O)N1C/C1=C/OCc1ccccc1. The third-order valence-corrected chi connectivity index (χ3v) is 2.49. The number of ether oxygens (including phenoxy) is 2. The molecule has 0 atom stereocenters. The molecule has 1 aliphatic heterocycles. The molecule has 0 bridgehead atoms. The molecule has 1 aromatic carbocycles. The molecule has 1 fully saturated rings. The number of carbonyl (C=O) groups excluding carboxylic acids is 1. The first-order valence-electron chi connectivity index (χ1n) is 6.31. The minimum absolute atomic E-state index is 0.318. The highest BCUT2D eigenvalue weighted by molar-refractivity contribution is 5.74. The monoisotopic (exact) mass is 261 g/mol. The second kappa shape index (κ2) is 5.34. The Morgan fingerprint density at radius 1 is 1.32 bits per heavy atom. The number of nitrogens with zero attached hydrogens (tertiary/aromatic N) is 1. The first-order valence-corrected chi connectivity index (χ1v) is 6.31. The Morgan fingerprint density at radius 2 is 2.00 bits per heavy atom. The van der Waals surface area contributed by atoms with Gasteiger partial charge in [-0.05, 0) is 26.3 Å². The van der Waals surface area contributed by atoms with Crippen LogP contribution in [0.1, 0.15) is 26.3 Å². The van der Waals surface area contributed by atoms with Crippen LogP contribution in [0.3, 0.4) is 0 Å². The van der Waals surface area contributed by atoms with Gasteiger partial charge < -0.3 is 9.47 Å². The van der Waals surface area contributed by atoms with Gasteiger partial charge in [0.2, 0.25) is 0 Å². The minimum Gasteiger partial charge on any atom is -0.495 e. The fourth-order valence-corrected chi connectivity index (χ4v) is 1.53. The maximum atomic E-state index is 11.7. The van der Waals surface area contributed by atoms with Crippen molar-refractivity contribution < 1.29 is 14.3 Å². The third kappa shape index (κ3) is 4.32. The van der Waals surface area contributed by atoms with E-state index in [1.807, 2.05) is 51.1 Å². The van der Waals surface area contributed by atoms with Gasteiger partial charge in [0.05, 0.1) is 12.2 Å². The van der Waals surface area contributed by atoms with Crippen molar-refractivity contribution in [3.05, 3.63) is 47.9 Å². The van der Waals surface area contributed by atoms with Crippen LogP contribution < -0.4 is 0 Å². The summed E-state index contributed by atoms with van der Waals surface area (Å²) in [5.41, 5.74) is 1.49. The van der Waals surface area contributed by atoms with Crippen molar-refractivity contribution in [3.8, 4) is 0 Å². The lowest BCUT2D eigenvalue weighted by atomic mass is 10.2. The van der Waals surface area contributed by atoms with Crippen LogP contribution in [0.4, 0.5) is 4.79 Å². The zero-order valence-electron chi connectivity index (χ0n) is 11.6. The Kier molecular flexibility index (Phi) is 3.79. The van der Waals surface area contributed by atoms with E-state index in [0.29, 0.717) is 13.2 Å². The predicted octanol–water partition coefficient (Wildman–Crippen LogP) is 3.30. The summed E-state index contributed by atoms with van der Waals surface area (Å²) in [5.74, 6) is 0. The Morgan fingerprint density at radius 3 is 2.63 bits per heavy atom. The molecule has 0 radical (unpaired) electrons. The van der Waals surface area contributed by atoms with E-state index in [2.05, 4.69) is 0 Å². The van der Waals surface area contributed by atoms with Crippen LogP contribution in [-0.2, 0) is 16.1 Å². The van der Waals surface area contributed by atoms with Gasteiger partial charge in [0.1, 0.15) is 18.5 Å². The molecule has 1 saturated heterocycles. The summed E-state index contributed by atoms with van der Waals surface area (Å²) in [4.78, 5) is 13.2. The van der Waals surface area contributed by atoms with Crippen molar-refractivity contribution in [2.24, 2.45) is 0 Å². The normalized spacial score (nSPS) is 16.4. The molecule has 0 saturated carbocycles. The van der Waals surface area contributed by atoms with E-state index in [-0.39, 0.29) is 6.09 Å². The summed E-state index contributed by atoms with van der Waals surface area (Å²) < 4.78 is 10.7. The second-order valence-electron chi connectivity index (χ2n) is 5.47. The van der Waals surface area contributed by atoms with Crippen LogP contribution in [0, 0.1) is 0 Å². The Balaban J connectivity index is 1.77. The third-order valence-electron chi connectivity index (χ3n) is 2.49. The van der Waals surface area contributed by atoms with Crippen molar-refractivity contribution in [1.82, 2.24) is 4.90 Å². The van der Waals surface area contributed by atoms with Gasteiger partial charge in [-0.25, -0.2) is 4.79 Å². The maximum Gasteiger partial charge on any atom is 0.415 e. The molecular weight excluding hydrogens is 242 g/mol. The highest BCUT2D eigenvalue weighted by Gasteiger charge is 2.36. The summed E-state index contributed by atoms with van der Waals surface area (Å²) in [6.45, 7) is 6.65. The lowest BCUT2D eigenvalue weighted by Gasteiger charge is -2.19. The molecule has 0 aliphatic carbocycles. The van der Waals surface area contributed by atoms with Gasteiger partial charge in [-0.2, -0.15) is 0 Å². The number of amides is 1. The molecule has 0 spiro atoms. The van der Waals surface area contributed by atoms with E-state index < -0.39 is 5.60 Å². The molecular formula is C15H19NO3. The van der Waals surface area contributed by atoms with Gasteiger partial charge in [-0.3, -0.25) is 4.90 Å². The van der Waals surface area contributed by atoms with Gasteiger partial charge in [-0.1, -0.05) is 30.3 Å². The molecule has 1 aromatic rings. The Bertz CT molecular complexity index is 474. The van der Waals surface area contributed by atoms with Crippen molar-refractivity contribution in [2.45, 2.75) is 33.0 Å². The maximum absolute atomic E-state index is 11.7. The molecule has 1 aliphatic rings. The van der Waals surface area contributed by atoms with Crippen molar-refractivity contribution in [2.75, 3.05) is 6.54 Å². The van der Waals surface area contributed by atoms with Crippen LogP contribution in [0.5, 0.6) is 0 Å². The summed E-state index contributed by atoms with van der Waals surface area (Å²) in [5, 5.41) is 0. The fourth-order valence-electron chi connectivity index (χ4n) is 1.53. The molecule has 102 valence electrons. The Hall–Kier alpha value is -1.97. The van der Waals surface area contributed by atoms with Crippen LogP contribution in [0.25, 0.3) is 0 Å². The van der Waals surface area contributed by atoms with Crippen molar-refractivity contribution in [1.29, 1.82) is 0 Å². The highest BCUT2D eigenvalue weighted by Crippen LogP contribution is 2.25. The first-order chi connectivity index (χ1) is 8.96. The number of carbonyl (C=O) groups is 1. The van der Waals surface area contributed by atoms with Crippen LogP contribution in [0.15, 0.2) is 42.3 Å². The fraction of sp³-hybridized carbons (Fsp3) is 0.400. The van der Waals surface area contributed by atoms with E-state index in [9.17, 15) is 4.79 Å². The van der Waals surface area contributed by atoms with E-state index in [4.69, 9.17) is 9.47 Å². The summed E-state index contributed by atoms with van der Waals surface area (Å²) in [6.07, 6.45) is 1.30. The average Bonchev–Trinajstić information content (AvgIpc) is 3.08. The smallest absolute Gasteiger partial charge is 0.415 e. The lowest BCUT2D eigenvalue weighted by Crippen LogP contribution is -2.26. The van der Waals surface area contributed by atoms with Crippen LogP contribution >= 0.6 is 0 Å². The summed E-state index contributed by atoms with van der Waals surface area (Å²) >= 11 is 0. The standard InChI is InChI=1S/C15H19NO3/c1-15(2,3)19-14(17)16-9-13(16)11-18-10-12-7-5-4-6-8-12/h4-8,11H,9-10H2,1-3H3/b13-11-. The summed E-state index contributed by atoms with van der Waals surface area (Å²) in [7, 11) is 0. The minimum atomic E-state index is -0.463. The zero-order chi connectivity index (χ0) is 13.9. The van der Waals surface area contributed by atoms with Crippen molar-refractivity contribution in [3.63, 3.8) is 0 Å². The van der Waals surface area contributed by atoms with E-state index in [0.717, 1.165) is 11.3 Å². The molecule has 4 heteroatoms. The molecule has 19 heavy (non-hydrogen) atoms. The highest BCUT2D eigenvalue weighted by atomic mass is 16.6. The topological polar surface area (TPSA) is 38.5 Å². The average molecular weight is 261 g/mol. The number of hydrogen-bond acceptors (Lipinski definition) is 3. The van der Waals surface area contributed by atoms with E-state index in [1.165, 1.54) is 0 Å². The quantitative estimate of drug-likeness (QED) is 0.619. The van der Waals surface area contributed by atoms with Gasteiger partial charge >= 0.3 is 6.09 Å². The molecule has 2 rings (SSSR count). The molecule has 0 unspecified atom stereocenters. The van der Waals surface area contributed by atoms with Gasteiger partial charge in [-0.15, -0.1) is 0 Å². The number of benzene rings is 1. The predicted molar refractivity (Wildman–Crippen MR) is 72.3 cm³/mol. The summed E-state index contributed by atoms with van der Waals surface area (Å²) in [6, 6.07) is 9.90. The van der Waals surface area contributed by atoms with E-state index >= 15 is 0 Å². The van der Waals surface area contributed by atoms with Gasteiger partial charge in [0.25, 0.3) is 0 Å². The van der Waals surface area contributed by atoms with Crippen LogP contribution in [0.2, 0.25) is 0 Å². The van der Waals surface area contributed by atoms with Gasteiger partial charge in [0.15, 0.2) is 0 Å². The van der Waals surface area contributed by atoms with Crippen LogP contribution in [-0.4, -0.2) is 23.1 Å². The largest absolute Gasteiger partial charge is 0.495 e. The van der Waals surface area contributed by atoms with Gasteiger partial charge in [0, 0.05) is 0 Å². The molecule has 4 nitrogen and oxygen atoms in total. The zero-order valence-corrected chi connectivity index (χ0v) is 11.6. The second-order valence-corrected chi connectivity index (χ2v) is 5.47. The number of hydrogen-bond donors (Lipinski definition) is 0. The molecule has 1 heterocycles. The number of rotatable bonds is 3. The Labute approximate surface area is 113 Å². The van der Waals surface area contributed by atoms with E-state index in [1.54, 1.807) is 11.2 Å². The first kappa shape index (κ1) is 13.5. The molecule has 1 amide bonds. The van der Waals surface area contributed by atoms with Crippen molar-refractivity contribution >= 4 is 6.09 Å².